The number of halogens is 1. The quantitative estimate of drug-likeness (QED) is 0.717. The molecular formula is C16H24ClN5O2S. The Morgan fingerprint density at radius 2 is 2.04 bits per heavy atom. The van der Waals surface area contributed by atoms with Gasteiger partial charge in [-0.2, -0.15) is 22.1 Å². The zero-order valence-electron chi connectivity index (χ0n) is 14.7. The van der Waals surface area contributed by atoms with Crippen molar-refractivity contribution in [2.24, 2.45) is 0 Å². The molecule has 25 heavy (non-hydrogen) atoms. The summed E-state index contributed by atoms with van der Waals surface area (Å²) in [6.07, 6.45) is 5.99. The van der Waals surface area contributed by atoms with Crippen molar-refractivity contribution in [2.75, 3.05) is 33.7 Å². The van der Waals surface area contributed by atoms with Crippen molar-refractivity contribution in [3.63, 3.8) is 0 Å². The van der Waals surface area contributed by atoms with Crippen LogP contribution in [-0.4, -0.2) is 61.0 Å². The van der Waals surface area contributed by atoms with Crippen LogP contribution in [0.4, 0.5) is 0 Å². The maximum atomic E-state index is 12.4. The standard InChI is InChI=1S/C16H24ClN5O2S/c1-5-7-22(25(23,24)21(3)4)8-6-18-15-10-13(17)9-12(2)16-14(15)11-19-20-16/h9-11,18H,2,5-8H2,1,3-4H3,(H,19,20). The lowest BCUT2D eigenvalue weighted by Crippen LogP contribution is -2.43. The zero-order valence-corrected chi connectivity index (χ0v) is 16.3. The summed E-state index contributed by atoms with van der Waals surface area (Å²) < 4.78 is 27.4. The monoisotopic (exact) mass is 385 g/mol. The molecule has 0 spiro atoms. The number of rotatable bonds is 8. The van der Waals surface area contributed by atoms with Crippen molar-refractivity contribution in [1.29, 1.82) is 0 Å². The molecule has 0 aromatic carbocycles. The molecule has 0 fully saturated rings. The zero-order chi connectivity index (χ0) is 18.6. The first-order chi connectivity index (χ1) is 11.8. The summed E-state index contributed by atoms with van der Waals surface area (Å²) >= 11 is 6.20. The molecule has 1 aromatic heterocycles. The van der Waals surface area contributed by atoms with Gasteiger partial charge < -0.3 is 5.32 Å². The predicted octanol–water partition coefficient (Wildman–Crippen LogP) is 2.01. The topological polar surface area (TPSA) is 81.3 Å². The van der Waals surface area contributed by atoms with Gasteiger partial charge in [0.15, 0.2) is 0 Å². The Morgan fingerprint density at radius 1 is 1.32 bits per heavy atom. The molecule has 0 atom stereocenters. The second kappa shape index (κ2) is 8.18. The van der Waals surface area contributed by atoms with Gasteiger partial charge in [0.05, 0.1) is 11.9 Å². The number of nitrogens with one attached hydrogen (secondary N) is 2. The summed E-state index contributed by atoms with van der Waals surface area (Å²) in [6, 6.07) is 0. The van der Waals surface area contributed by atoms with Gasteiger partial charge in [-0.3, -0.25) is 5.10 Å². The Kier molecular flexibility index (Phi) is 6.45. The van der Waals surface area contributed by atoms with E-state index in [1.54, 1.807) is 18.3 Å². The summed E-state index contributed by atoms with van der Waals surface area (Å²) in [5.41, 5.74) is 3.17. The summed E-state index contributed by atoms with van der Waals surface area (Å²) in [4.78, 5) is 0. The molecule has 1 heterocycles. The van der Waals surface area contributed by atoms with Gasteiger partial charge in [-0.05, 0) is 24.1 Å². The molecule has 1 aliphatic carbocycles. The Labute approximate surface area is 154 Å². The van der Waals surface area contributed by atoms with Crippen LogP contribution in [0.25, 0.3) is 11.3 Å². The van der Waals surface area contributed by atoms with E-state index < -0.39 is 10.2 Å². The third-order valence-electron chi connectivity index (χ3n) is 3.78. The van der Waals surface area contributed by atoms with Gasteiger partial charge in [-0.15, -0.1) is 0 Å². The molecule has 9 heteroatoms. The first-order valence-electron chi connectivity index (χ1n) is 8.00. The van der Waals surface area contributed by atoms with Crippen molar-refractivity contribution in [3.05, 3.63) is 41.2 Å². The number of fused-ring (bicyclic) bond motifs is 1. The molecule has 0 bridgehead atoms. The lowest BCUT2D eigenvalue weighted by Gasteiger charge is -2.25. The minimum Gasteiger partial charge on any atom is -0.383 e. The van der Waals surface area contributed by atoms with Crippen LogP contribution in [0.15, 0.2) is 30.0 Å². The van der Waals surface area contributed by atoms with Gasteiger partial charge in [0.1, 0.15) is 0 Å². The van der Waals surface area contributed by atoms with Crippen LogP contribution in [0.3, 0.4) is 0 Å². The summed E-state index contributed by atoms with van der Waals surface area (Å²) in [6.45, 7) is 7.18. The van der Waals surface area contributed by atoms with Crippen LogP contribution in [0, 0.1) is 0 Å². The Balaban J connectivity index is 2.11. The molecule has 0 saturated carbocycles. The van der Waals surface area contributed by atoms with Crippen LogP contribution in [0.2, 0.25) is 0 Å². The van der Waals surface area contributed by atoms with Gasteiger partial charge in [0.2, 0.25) is 0 Å². The SMILES string of the molecule is C=C1C=C(Cl)C=C(NCCN(CCC)S(=O)(=O)N(C)C)c2cn[nH]c21. The smallest absolute Gasteiger partial charge is 0.281 e. The number of aromatic nitrogens is 2. The third-order valence-corrected chi connectivity index (χ3v) is 5.94. The number of allylic oxidation sites excluding steroid dienone is 4. The maximum absolute atomic E-state index is 12.4. The van der Waals surface area contributed by atoms with E-state index in [1.807, 2.05) is 6.92 Å². The minimum atomic E-state index is -3.44. The third kappa shape index (κ3) is 4.52. The van der Waals surface area contributed by atoms with Crippen LogP contribution in [0.1, 0.15) is 24.6 Å². The van der Waals surface area contributed by atoms with Crippen molar-refractivity contribution < 1.29 is 8.42 Å². The van der Waals surface area contributed by atoms with E-state index in [2.05, 4.69) is 22.1 Å². The molecular weight excluding hydrogens is 362 g/mol. The molecule has 0 saturated heterocycles. The molecule has 7 nitrogen and oxygen atoms in total. The Hall–Kier alpha value is -1.61. The number of H-pyrrole nitrogens is 1. The second-order valence-corrected chi connectivity index (χ2v) is 8.47. The lowest BCUT2D eigenvalue weighted by molar-refractivity contribution is 0.376. The molecule has 0 aliphatic heterocycles. The number of aromatic amines is 1. The van der Waals surface area contributed by atoms with E-state index in [4.69, 9.17) is 11.6 Å². The van der Waals surface area contributed by atoms with Crippen LogP contribution in [-0.2, 0) is 10.2 Å². The van der Waals surface area contributed by atoms with Crippen LogP contribution in [0.5, 0.6) is 0 Å². The molecule has 2 N–H and O–H groups in total. The van der Waals surface area contributed by atoms with Gasteiger partial charge in [0.25, 0.3) is 10.2 Å². The van der Waals surface area contributed by atoms with Crippen LogP contribution < -0.4 is 5.32 Å². The van der Waals surface area contributed by atoms with E-state index >= 15 is 0 Å². The normalized spacial score (nSPS) is 15.0. The highest BCUT2D eigenvalue weighted by molar-refractivity contribution is 7.86. The number of nitrogens with zero attached hydrogens (tertiary/aromatic N) is 3. The first-order valence-corrected chi connectivity index (χ1v) is 9.78. The fourth-order valence-electron chi connectivity index (χ4n) is 2.52. The van der Waals surface area contributed by atoms with Crippen molar-refractivity contribution in [1.82, 2.24) is 24.1 Å². The molecule has 2 rings (SSSR count). The van der Waals surface area contributed by atoms with E-state index in [0.717, 1.165) is 28.9 Å². The molecule has 1 aromatic rings. The summed E-state index contributed by atoms with van der Waals surface area (Å²) in [5, 5.41) is 10.8. The fourth-order valence-corrected chi connectivity index (χ4v) is 3.95. The first kappa shape index (κ1) is 19.7. The molecule has 138 valence electrons. The number of hydrogen-bond acceptors (Lipinski definition) is 4. The van der Waals surface area contributed by atoms with E-state index in [0.29, 0.717) is 24.7 Å². The Bertz CT molecular complexity index is 795. The van der Waals surface area contributed by atoms with Gasteiger partial charge in [0, 0.05) is 50.0 Å². The van der Waals surface area contributed by atoms with E-state index in [9.17, 15) is 8.42 Å². The van der Waals surface area contributed by atoms with E-state index in [1.165, 1.54) is 22.7 Å². The van der Waals surface area contributed by atoms with Gasteiger partial charge in [-0.25, -0.2) is 0 Å². The average Bonchev–Trinajstić information content (AvgIpc) is 2.98. The minimum absolute atomic E-state index is 0.348. The highest BCUT2D eigenvalue weighted by Gasteiger charge is 2.23. The van der Waals surface area contributed by atoms with Crippen molar-refractivity contribution in [2.45, 2.75) is 13.3 Å². The van der Waals surface area contributed by atoms with Crippen molar-refractivity contribution in [3.8, 4) is 0 Å². The molecule has 1 aliphatic rings. The highest BCUT2D eigenvalue weighted by Crippen LogP contribution is 2.28. The largest absolute Gasteiger partial charge is 0.383 e. The molecule has 0 unspecified atom stereocenters. The highest BCUT2D eigenvalue weighted by atomic mass is 35.5. The summed E-state index contributed by atoms with van der Waals surface area (Å²) in [5.74, 6) is 0. The molecule has 0 amide bonds. The predicted molar refractivity (Wildman–Crippen MR) is 102 cm³/mol. The summed E-state index contributed by atoms with van der Waals surface area (Å²) in [7, 11) is -0.374. The van der Waals surface area contributed by atoms with Gasteiger partial charge in [-0.1, -0.05) is 25.1 Å². The average molecular weight is 386 g/mol. The number of hydrogen-bond donors (Lipinski definition) is 2. The lowest BCUT2D eigenvalue weighted by atomic mass is 10.1. The Morgan fingerprint density at radius 3 is 2.68 bits per heavy atom. The van der Waals surface area contributed by atoms with Gasteiger partial charge >= 0.3 is 0 Å². The maximum Gasteiger partial charge on any atom is 0.281 e. The van der Waals surface area contributed by atoms with E-state index in [-0.39, 0.29) is 0 Å². The molecule has 0 radical (unpaired) electrons. The van der Waals surface area contributed by atoms with Crippen LogP contribution >= 0.6 is 11.6 Å². The van der Waals surface area contributed by atoms with Crippen molar-refractivity contribution >= 4 is 33.1 Å². The second-order valence-electron chi connectivity index (χ2n) is 5.89. The fraction of sp³-hybridized carbons (Fsp3) is 0.438.